The number of amides is 2. The minimum absolute atomic E-state index is 0.254. The predicted molar refractivity (Wildman–Crippen MR) is 88.1 cm³/mol. The van der Waals surface area contributed by atoms with E-state index in [4.69, 9.17) is 4.74 Å². The summed E-state index contributed by atoms with van der Waals surface area (Å²) in [5, 5.41) is 5.45. The van der Waals surface area contributed by atoms with Gasteiger partial charge >= 0.3 is 5.72 Å². The molecule has 6 nitrogen and oxygen atoms in total. The molecule has 2 aliphatic heterocycles. The zero-order valence-electron chi connectivity index (χ0n) is 13.3. The number of hydrogen-bond acceptors (Lipinski definition) is 4. The fourth-order valence-electron chi connectivity index (χ4n) is 3.16. The number of nitrogens with zero attached hydrogens (tertiary/aromatic N) is 3. The summed E-state index contributed by atoms with van der Waals surface area (Å²) in [6, 6.07) is 16.5. The topological polar surface area (TPSA) is 62.2 Å². The van der Waals surface area contributed by atoms with Gasteiger partial charge in [-0.05, 0) is 18.2 Å². The zero-order chi connectivity index (χ0) is 16.9. The molecule has 0 aliphatic carbocycles. The number of carbonyl (C=O) groups excluding carboxylic acids is 2. The van der Waals surface area contributed by atoms with Gasteiger partial charge in [-0.1, -0.05) is 36.4 Å². The summed E-state index contributed by atoms with van der Waals surface area (Å²) in [7, 11) is 1.66. The number of carbonyl (C=O) groups is 2. The van der Waals surface area contributed by atoms with Gasteiger partial charge in [0.2, 0.25) is 11.8 Å². The molecular weight excluding hydrogens is 306 g/mol. The lowest BCUT2D eigenvalue weighted by atomic mass is 10.0. The van der Waals surface area contributed by atoms with Gasteiger partial charge in [0, 0.05) is 19.5 Å². The highest BCUT2D eigenvalue weighted by molar-refractivity contribution is 6.11. The van der Waals surface area contributed by atoms with Gasteiger partial charge in [0.25, 0.3) is 5.91 Å². The van der Waals surface area contributed by atoms with Crippen LogP contribution in [0.5, 0.6) is 0 Å². The second kappa shape index (κ2) is 4.92. The van der Waals surface area contributed by atoms with E-state index in [2.05, 4.69) is 5.10 Å². The van der Waals surface area contributed by atoms with E-state index in [1.54, 1.807) is 13.1 Å². The van der Waals surface area contributed by atoms with Crippen LogP contribution < -0.4 is 4.90 Å². The Bertz CT molecular complexity index is 878. The highest BCUT2D eigenvalue weighted by Gasteiger charge is 2.61. The van der Waals surface area contributed by atoms with Gasteiger partial charge in [-0.25, -0.2) is 0 Å². The summed E-state index contributed by atoms with van der Waals surface area (Å²) in [4.78, 5) is 26.7. The fraction of sp³-hybridized carbons (Fsp3) is 0.167. The third-order valence-corrected chi connectivity index (χ3v) is 4.28. The van der Waals surface area contributed by atoms with E-state index in [-0.39, 0.29) is 17.7 Å². The molecule has 0 radical (unpaired) electrons. The van der Waals surface area contributed by atoms with Gasteiger partial charge in [-0.3, -0.25) is 9.59 Å². The smallest absolute Gasteiger partial charge is 0.314 e. The molecule has 6 heteroatoms. The Labute approximate surface area is 138 Å². The van der Waals surface area contributed by atoms with Crippen molar-refractivity contribution >= 4 is 23.4 Å². The Kier molecular flexibility index (Phi) is 2.96. The number of fused-ring (bicyclic) bond motifs is 2. The van der Waals surface area contributed by atoms with Crippen LogP contribution in [0.25, 0.3) is 0 Å². The molecule has 4 rings (SSSR count). The molecule has 2 amide bonds. The molecule has 2 aliphatic rings. The van der Waals surface area contributed by atoms with E-state index in [0.29, 0.717) is 16.8 Å². The Morgan fingerprint density at radius 1 is 1.08 bits per heavy atom. The van der Waals surface area contributed by atoms with Gasteiger partial charge in [0.05, 0.1) is 11.3 Å². The van der Waals surface area contributed by atoms with E-state index in [1.807, 2.05) is 48.5 Å². The standard InChI is InChI=1S/C18H15N3O3/c1-12(22)21-18(24-16(19-21)13-8-4-3-5-9-13)14-10-6-7-11-15(14)20(2)17(18)23/h3-11H,1-2H3. The molecule has 2 heterocycles. The van der Waals surface area contributed by atoms with E-state index >= 15 is 0 Å². The molecular formula is C18H15N3O3. The van der Waals surface area contributed by atoms with Crippen LogP contribution in [0.3, 0.4) is 0 Å². The monoisotopic (exact) mass is 321 g/mol. The van der Waals surface area contributed by atoms with Crippen molar-refractivity contribution < 1.29 is 14.3 Å². The molecule has 24 heavy (non-hydrogen) atoms. The third kappa shape index (κ3) is 1.73. The highest BCUT2D eigenvalue weighted by atomic mass is 16.6. The Hall–Kier alpha value is -3.15. The SMILES string of the molecule is CC(=O)N1N=C(c2ccccc2)OC12C(=O)N(C)c1ccccc12. The molecule has 0 saturated heterocycles. The summed E-state index contributed by atoms with van der Waals surface area (Å²) in [6.45, 7) is 1.37. The molecule has 2 aromatic carbocycles. The maximum atomic E-state index is 13.0. The first-order valence-corrected chi connectivity index (χ1v) is 7.57. The average molecular weight is 321 g/mol. The molecule has 0 aromatic heterocycles. The van der Waals surface area contributed by atoms with Crippen molar-refractivity contribution in [3.05, 3.63) is 65.7 Å². The fourth-order valence-corrected chi connectivity index (χ4v) is 3.16. The average Bonchev–Trinajstić information content (AvgIpc) is 3.11. The second-order valence-electron chi connectivity index (χ2n) is 5.73. The van der Waals surface area contributed by atoms with E-state index in [1.165, 1.54) is 11.8 Å². The lowest BCUT2D eigenvalue weighted by Gasteiger charge is -2.28. The van der Waals surface area contributed by atoms with Gasteiger partial charge in [-0.15, -0.1) is 5.10 Å². The van der Waals surface area contributed by atoms with Crippen molar-refractivity contribution in [3.8, 4) is 0 Å². The summed E-state index contributed by atoms with van der Waals surface area (Å²) >= 11 is 0. The maximum absolute atomic E-state index is 13.0. The van der Waals surface area contributed by atoms with Gasteiger partial charge < -0.3 is 9.64 Å². The van der Waals surface area contributed by atoms with E-state index < -0.39 is 5.72 Å². The van der Waals surface area contributed by atoms with Crippen molar-refractivity contribution in [2.75, 3.05) is 11.9 Å². The minimum Gasteiger partial charge on any atom is -0.433 e. The number of anilines is 1. The number of ether oxygens (including phenoxy) is 1. The van der Waals surface area contributed by atoms with Gasteiger partial charge in [-0.2, -0.15) is 5.01 Å². The highest BCUT2D eigenvalue weighted by Crippen LogP contribution is 2.47. The second-order valence-corrected chi connectivity index (χ2v) is 5.73. The Morgan fingerprint density at radius 2 is 1.75 bits per heavy atom. The Morgan fingerprint density at radius 3 is 2.46 bits per heavy atom. The molecule has 0 bridgehead atoms. The quantitative estimate of drug-likeness (QED) is 0.807. The lowest BCUT2D eigenvalue weighted by molar-refractivity contribution is -0.161. The molecule has 0 saturated carbocycles. The first kappa shape index (κ1) is 14.4. The first-order valence-electron chi connectivity index (χ1n) is 7.57. The van der Waals surface area contributed by atoms with Gasteiger partial charge in [0.15, 0.2) is 0 Å². The minimum atomic E-state index is -1.57. The molecule has 0 N–H and O–H groups in total. The summed E-state index contributed by atoms with van der Waals surface area (Å²) < 4.78 is 6.04. The summed E-state index contributed by atoms with van der Waals surface area (Å²) in [6.07, 6.45) is 0. The van der Waals surface area contributed by atoms with Crippen LogP contribution >= 0.6 is 0 Å². The third-order valence-electron chi connectivity index (χ3n) is 4.28. The first-order chi connectivity index (χ1) is 11.6. The summed E-state index contributed by atoms with van der Waals surface area (Å²) in [5.74, 6) is -0.447. The van der Waals surface area contributed by atoms with Crippen molar-refractivity contribution in [2.24, 2.45) is 5.10 Å². The number of hydrogen-bond donors (Lipinski definition) is 0. The van der Waals surface area contributed by atoms with Crippen LogP contribution in [-0.2, 0) is 20.1 Å². The maximum Gasteiger partial charge on any atom is 0.314 e. The van der Waals surface area contributed by atoms with Crippen LogP contribution in [0.2, 0.25) is 0 Å². The number of para-hydroxylation sites is 1. The number of benzene rings is 2. The van der Waals surface area contributed by atoms with Crippen molar-refractivity contribution in [3.63, 3.8) is 0 Å². The molecule has 1 spiro atoms. The predicted octanol–water partition coefficient (Wildman–Crippen LogP) is 2.06. The van der Waals surface area contributed by atoms with Crippen molar-refractivity contribution in [1.82, 2.24) is 5.01 Å². The van der Waals surface area contributed by atoms with Crippen LogP contribution in [0.1, 0.15) is 18.1 Å². The largest absolute Gasteiger partial charge is 0.433 e. The number of likely N-dealkylation sites (N-methyl/N-ethyl adjacent to an activating group) is 1. The zero-order valence-corrected chi connectivity index (χ0v) is 13.3. The van der Waals surface area contributed by atoms with Gasteiger partial charge in [0.1, 0.15) is 0 Å². The molecule has 2 aromatic rings. The van der Waals surface area contributed by atoms with Crippen LogP contribution in [-0.4, -0.2) is 29.8 Å². The number of rotatable bonds is 1. The van der Waals surface area contributed by atoms with E-state index in [0.717, 1.165) is 5.01 Å². The summed E-state index contributed by atoms with van der Waals surface area (Å²) in [5.41, 5.74) is 0.462. The van der Waals surface area contributed by atoms with Crippen molar-refractivity contribution in [1.29, 1.82) is 0 Å². The lowest BCUT2D eigenvalue weighted by Crippen LogP contribution is -2.51. The molecule has 1 atom stereocenters. The normalized spacial score (nSPS) is 21.8. The van der Waals surface area contributed by atoms with Crippen LogP contribution in [0.15, 0.2) is 59.7 Å². The number of hydrazone groups is 1. The van der Waals surface area contributed by atoms with Crippen LogP contribution in [0.4, 0.5) is 5.69 Å². The van der Waals surface area contributed by atoms with Crippen LogP contribution in [0, 0.1) is 0 Å². The molecule has 1 unspecified atom stereocenters. The molecule has 0 fully saturated rings. The molecule has 120 valence electrons. The van der Waals surface area contributed by atoms with E-state index in [9.17, 15) is 9.59 Å². The van der Waals surface area contributed by atoms with Crippen molar-refractivity contribution in [2.45, 2.75) is 12.6 Å². The Balaban J connectivity index is 1.90.